The van der Waals surface area contributed by atoms with E-state index in [0.717, 1.165) is 6.54 Å². The Labute approximate surface area is 75.7 Å². The summed E-state index contributed by atoms with van der Waals surface area (Å²) in [5.74, 6) is 0. The van der Waals surface area contributed by atoms with Gasteiger partial charge in [-0.2, -0.15) is 0 Å². The zero-order valence-electron chi connectivity index (χ0n) is 8.85. The van der Waals surface area contributed by atoms with Crippen molar-refractivity contribution < 1.29 is 4.74 Å². The number of nitrogens with one attached hydrogen (secondary N) is 1. The van der Waals surface area contributed by atoms with Crippen molar-refractivity contribution >= 4 is 0 Å². The van der Waals surface area contributed by atoms with Crippen LogP contribution in [0.2, 0.25) is 0 Å². The maximum absolute atomic E-state index is 5.50. The summed E-state index contributed by atoms with van der Waals surface area (Å²) >= 11 is 0. The molecule has 2 unspecified atom stereocenters. The van der Waals surface area contributed by atoms with Crippen molar-refractivity contribution in [3.63, 3.8) is 0 Å². The van der Waals surface area contributed by atoms with Crippen LogP contribution in [0.5, 0.6) is 0 Å². The van der Waals surface area contributed by atoms with Crippen LogP contribution >= 0.6 is 0 Å². The van der Waals surface area contributed by atoms with E-state index in [1.165, 1.54) is 0 Å². The lowest BCUT2D eigenvalue weighted by molar-refractivity contribution is 0.215. The van der Waals surface area contributed by atoms with Crippen LogP contribution < -0.4 is 5.32 Å². The minimum absolute atomic E-state index is 0.297. The Hall–Kier alpha value is -0.0800. The summed E-state index contributed by atoms with van der Waals surface area (Å²) in [5.41, 5.74) is 0.297. The Kier molecular flexibility index (Phi) is 2.79. The van der Waals surface area contributed by atoms with Crippen LogP contribution in [0.25, 0.3) is 0 Å². The van der Waals surface area contributed by atoms with Gasteiger partial charge in [-0.15, -0.1) is 0 Å². The van der Waals surface area contributed by atoms with Crippen LogP contribution in [-0.2, 0) is 4.74 Å². The molecule has 0 aromatic rings. The minimum atomic E-state index is 0.297. The highest BCUT2D eigenvalue weighted by atomic mass is 16.6. The monoisotopic (exact) mass is 171 g/mol. The minimum Gasteiger partial charge on any atom is -0.368 e. The lowest BCUT2D eigenvalue weighted by Crippen LogP contribution is -2.45. The van der Waals surface area contributed by atoms with Crippen molar-refractivity contribution in [1.29, 1.82) is 0 Å². The lowest BCUT2D eigenvalue weighted by Gasteiger charge is -2.30. The predicted molar refractivity (Wildman–Crippen MR) is 51.3 cm³/mol. The molecule has 72 valence electrons. The van der Waals surface area contributed by atoms with Gasteiger partial charge >= 0.3 is 0 Å². The second-order valence-corrected chi connectivity index (χ2v) is 4.71. The molecule has 0 radical (unpaired) electrons. The molecule has 2 nitrogen and oxygen atoms in total. The maximum atomic E-state index is 5.50. The van der Waals surface area contributed by atoms with Gasteiger partial charge in [0.05, 0.1) is 12.2 Å². The topological polar surface area (TPSA) is 24.6 Å². The highest BCUT2D eigenvalue weighted by molar-refractivity contribution is 4.97. The lowest BCUT2D eigenvalue weighted by atomic mass is 9.84. The number of hydrogen-bond acceptors (Lipinski definition) is 2. The largest absolute Gasteiger partial charge is 0.368 e. The molecule has 1 rings (SSSR count). The smallest absolute Gasteiger partial charge is 0.0996 e. The average molecular weight is 171 g/mol. The molecule has 3 atom stereocenters. The zero-order chi connectivity index (χ0) is 9.35. The molecular weight excluding hydrogens is 150 g/mol. The summed E-state index contributed by atoms with van der Waals surface area (Å²) < 4.78 is 5.50. The molecule has 0 aliphatic carbocycles. The quantitative estimate of drug-likeness (QED) is 0.655. The van der Waals surface area contributed by atoms with Crippen molar-refractivity contribution in [3.8, 4) is 0 Å². The number of epoxide rings is 1. The van der Waals surface area contributed by atoms with Gasteiger partial charge in [0.1, 0.15) is 0 Å². The molecule has 1 N–H and O–H groups in total. The molecule has 12 heavy (non-hydrogen) atoms. The summed E-state index contributed by atoms with van der Waals surface area (Å²) in [5, 5.41) is 3.49. The highest BCUT2D eigenvalue weighted by Gasteiger charge is 2.45. The van der Waals surface area contributed by atoms with E-state index in [0.29, 0.717) is 23.7 Å². The number of rotatable bonds is 3. The molecule has 2 heteroatoms. The normalized spacial score (nSPS) is 31.8. The van der Waals surface area contributed by atoms with E-state index in [2.05, 4.69) is 39.9 Å². The Bertz CT molecular complexity index is 150. The standard InChI is InChI=1S/C10H21NO/c1-6-11-9(10(3,4)5)8-7(2)12-8/h7-9,11H,6H2,1-5H3/t7?,8?,9-/m1/s1. The second-order valence-electron chi connectivity index (χ2n) is 4.71. The van der Waals surface area contributed by atoms with E-state index in [1.807, 2.05) is 0 Å². The van der Waals surface area contributed by atoms with Crippen LogP contribution in [0, 0.1) is 5.41 Å². The van der Waals surface area contributed by atoms with E-state index in [4.69, 9.17) is 4.74 Å². The maximum Gasteiger partial charge on any atom is 0.0996 e. The number of likely N-dealkylation sites (N-methyl/N-ethyl adjacent to an activating group) is 1. The van der Waals surface area contributed by atoms with E-state index in [9.17, 15) is 0 Å². The van der Waals surface area contributed by atoms with E-state index in [-0.39, 0.29) is 0 Å². The molecule has 1 aliphatic rings. The van der Waals surface area contributed by atoms with Gasteiger partial charge in [-0.25, -0.2) is 0 Å². The van der Waals surface area contributed by atoms with Gasteiger partial charge in [0, 0.05) is 6.04 Å². The van der Waals surface area contributed by atoms with Gasteiger partial charge in [-0.1, -0.05) is 27.7 Å². The first-order valence-corrected chi connectivity index (χ1v) is 4.85. The summed E-state index contributed by atoms with van der Waals surface area (Å²) in [4.78, 5) is 0. The van der Waals surface area contributed by atoms with Gasteiger partial charge < -0.3 is 10.1 Å². The predicted octanol–water partition coefficient (Wildman–Crippen LogP) is 1.80. The van der Waals surface area contributed by atoms with Crippen molar-refractivity contribution in [3.05, 3.63) is 0 Å². The fourth-order valence-electron chi connectivity index (χ4n) is 1.69. The Morgan fingerprint density at radius 3 is 2.17 bits per heavy atom. The van der Waals surface area contributed by atoms with Crippen LogP contribution in [0.4, 0.5) is 0 Å². The molecule has 0 aromatic heterocycles. The molecular formula is C10H21NO. The molecule has 1 aliphatic heterocycles. The van der Waals surface area contributed by atoms with Crippen molar-refractivity contribution in [1.82, 2.24) is 5.32 Å². The van der Waals surface area contributed by atoms with Gasteiger partial charge in [-0.3, -0.25) is 0 Å². The van der Waals surface area contributed by atoms with Crippen LogP contribution in [0.1, 0.15) is 34.6 Å². The van der Waals surface area contributed by atoms with Crippen LogP contribution in [0.15, 0.2) is 0 Å². The summed E-state index contributed by atoms with van der Waals surface area (Å²) in [6.07, 6.45) is 0.887. The Balaban J connectivity index is 2.50. The van der Waals surface area contributed by atoms with Gasteiger partial charge in [0.15, 0.2) is 0 Å². The van der Waals surface area contributed by atoms with E-state index in [1.54, 1.807) is 0 Å². The third-order valence-electron chi connectivity index (χ3n) is 2.44. The van der Waals surface area contributed by atoms with Crippen molar-refractivity contribution in [2.24, 2.45) is 5.41 Å². The zero-order valence-corrected chi connectivity index (χ0v) is 8.85. The Morgan fingerprint density at radius 1 is 1.42 bits per heavy atom. The van der Waals surface area contributed by atoms with Crippen LogP contribution in [-0.4, -0.2) is 24.8 Å². The molecule has 0 saturated carbocycles. The fourth-order valence-corrected chi connectivity index (χ4v) is 1.69. The summed E-state index contributed by atoms with van der Waals surface area (Å²) in [6, 6.07) is 0.498. The molecule has 1 fully saturated rings. The number of hydrogen-bond donors (Lipinski definition) is 1. The van der Waals surface area contributed by atoms with Gasteiger partial charge in [-0.05, 0) is 18.9 Å². The number of ether oxygens (including phenoxy) is 1. The molecule has 1 saturated heterocycles. The first-order chi connectivity index (χ1) is 5.46. The first-order valence-electron chi connectivity index (χ1n) is 4.85. The van der Waals surface area contributed by atoms with E-state index < -0.39 is 0 Å². The van der Waals surface area contributed by atoms with E-state index >= 15 is 0 Å². The first kappa shape index (κ1) is 10.0. The third-order valence-corrected chi connectivity index (χ3v) is 2.44. The molecule has 0 bridgehead atoms. The Morgan fingerprint density at radius 2 is 1.92 bits per heavy atom. The van der Waals surface area contributed by atoms with Crippen LogP contribution in [0.3, 0.4) is 0 Å². The highest BCUT2D eigenvalue weighted by Crippen LogP contribution is 2.34. The van der Waals surface area contributed by atoms with Gasteiger partial charge in [0.25, 0.3) is 0 Å². The average Bonchev–Trinajstić information content (AvgIpc) is 2.59. The summed E-state index contributed by atoms with van der Waals surface area (Å²) in [7, 11) is 0. The second kappa shape index (κ2) is 3.35. The fraction of sp³-hybridized carbons (Fsp3) is 1.00. The molecule has 1 heterocycles. The SMILES string of the molecule is CCN[C@H](C1OC1C)C(C)(C)C. The molecule has 0 amide bonds. The van der Waals surface area contributed by atoms with Crippen molar-refractivity contribution in [2.75, 3.05) is 6.54 Å². The molecule has 0 aromatic carbocycles. The molecule has 0 spiro atoms. The van der Waals surface area contributed by atoms with Gasteiger partial charge in [0.2, 0.25) is 0 Å². The summed E-state index contributed by atoms with van der Waals surface area (Å²) in [6.45, 7) is 12.1. The van der Waals surface area contributed by atoms with Crippen molar-refractivity contribution in [2.45, 2.75) is 52.9 Å². The third kappa shape index (κ3) is 2.20.